The number of carbonyl (C=O) groups excluding carboxylic acids is 1. The number of amides is 1. The quantitative estimate of drug-likeness (QED) is 0.305. The number of piperazine rings is 1. The molecule has 1 aliphatic heterocycles. The molecule has 166 valence electrons. The van der Waals surface area contributed by atoms with Crippen LogP contribution >= 0.6 is 24.0 Å². The first-order valence-electron chi connectivity index (χ1n) is 11.3. The second-order valence-electron chi connectivity index (χ2n) is 8.87. The summed E-state index contributed by atoms with van der Waals surface area (Å²) in [4.78, 5) is 21.5. The number of aliphatic imine (C=N–C) groups is 1. The van der Waals surface area contributed by atoms with Crippen molar-refractivity contribution in [2.75, 3.05) is 45.9 Å². The van der Waals surface area contributed by atoms with Gasteiger partial charge < -0.3 is 20.3 Å². The van der Waals surface area contributed by atoms with Crippen molar-refractivity contribution in [2.45, 2.75) is 70.6 Å². The van der Waals surface area contributed by atoms with Crippen molar-refractivity contribution in [2.24, 2.45) is 10.4 Å². The predicted octanol–water partition coefficient (Wildman–Crippen LogP) is 1.81. The molecule has 2 atom stereocenters. The smallest absolute Gasteiger partial charge is 0.234 e. The predicted molar refractivity (Wildman–Crippen MR) is 126 cm³/mol. The van der Waals surface area contributed by atoms with Gasteiger partial charge in [0.05, 0.1) is 12.6 Å². The Bertz CT molecular complexity index is 586. The van der Waals surface area contributed by atoms with Crippen LogP contribution in [0.3, 0.4) is 0 Å². The van der Waals surface area contributed by atoms with Crippen LogP contribution in [0.5, 0.6) is 0 Å². The number of rotatable bonds is 7. The molecule has 2 unspecified atom stereocenters. The van der Waals surface area contributed by atoms with Crippen LogP contribution in [-0.4, -0.2) is 85.7 Å². The molecule has 0 aromatic carbocycles. The van der Waals surface area contributed by atoms with E-state index in [1.165, 1.54) is 19.3 Å². The van der Waals surface area contributed by atoms with Crippen molar-refractivity contribution in [1.29, 1.82) is 0 Å². The van der Waals surface area contributed by atoms with Crippen LogP contribution in [0.2, 0.25) is 0 Å². The Morgan fingerprint density at radius 3 is 2.41 bits per heavy atom. The molecular weight excluding hydrogens is 481 g/mol. The van der Waals surface area contributed by atoms with Gasteiger partial charge in [0, 0.05) is 56.8 Å². The van der Waals surface area contributed by atoms with E-state index >= 15 is 0 Å². The zero-order chi connectivity index (χ0) is 19.6. The molecule has 0 aromatic heterocycles. The number of hydrogen-bond acceptors (Lipinski definition) is 4. The molecule has 4 rings (SSSR count). The third-order valence-corrected chi connectivity index (χ3v) is 7.03. The van der Waals surface area contributed by atoms with Crippen LogP contribution in [0.25, 0.3) is 0 Å². The Balaban J connectivity index is 0.00000240. The van der Waals surface area contributed by atoms with Gasteiger partial charge >= 0.3 is 0 Å². The van der Waals surface area contributed by atoms with Crippen molar-refractivity contribution < 1.29 is 9.53 Å². The lowest BCUT2D eigenvalue weighted by molar-refractivity contribution is -0.169. The Kier molecular flexibility index (Phi) is 8.06. The summed E-state index contributed by atoms with van der Waals surface area (Å²) in [5, 5.41) is 6.88. The number of hydrogen-bond donors (Lipinski definition) is 2. The summed E-state index contributed by atoms with van der Waals surface area (Å²) in [6, 6.07) is 0.938. The van der Waals surface area contributed by atoms with Gasteiger partial charge in [-0.2, -0.15) is 0 Å². The SMILES string of the molecule is CCN=C(NC1CC(OCC)C12CCC2)N1CCN(CC(=O)NC2CC2)CC1.I. The van der Waals surface area contributed by atoms with E-state index in [9.17, 15) is 4.79 Å². The molecule has 29 heavy (non-hydrogen) atoms. The summed E-state index contributed by atoms with van der Waals surface area (Å²) in [7, 11) is 0. The summed E-state index contributed by atoms with van der Waals surface area (Å²) in [6.45, 7) is 10.0. The maximum Gasteiger partial charge on any atom is 0.234 e. The van der Waals surface area contributed by atoms with Crippen molar-refractivity contribution in [3.05, 3.63) is 0 Å². The number of halogens is 1. The van der Waals surface area contributed by atoms with E-state index in [-0.39, 0.29) is 29.9 Å². The fourth-order valence-corrected chi connectivity index (χ4v) is 5.01. The van der Waals surface area contributed by atoms with Crippen molar-refractivity contribution >= 4 is 35.8 Å². The van der Waals surface area contributed by atoms with Crippen LogP contribution < -0.4 is 10.6 Å². The van der Waals surface area contributed by atoms with E-state index < -0.39 is 0 Å². The topological polar surface area (TPSA) is 69.2 Å². The molecule has 1 spiro atoms. The third-order valence-electron chi connectivity index (χ3n) is 7.03. The summed E-state index contributed by atoms with van der Waals surface area (Å²) in [6.07, 6.45) is 7.69. The molecule has 1 saturated heterocycles. The van der Waals surface area contributed by atoms with E-state index in [0.29, 0.717) is 30.1 Å². The second kappa shape index (κ2) is 10.1. The van der Waals surface area contributed by atoms with Crippen molar-refractivity contribution in [1.82, 2.24) is 20.4 Å². The Hall–Kier alpha value is -0.610. The average molecular weight is 519 g/mol. The molecule has 7 nitrogen and oxygen atoms in total. The highest BCUT2D eigenvalue weighted by molar-refractivity contribution is 14.0. The number of guanidine groups is 1. The van der Waals surface area contributed by atoms with Crippen LogP contribution in [0, 0.1) is 5.41 Å². The molecule has 4 fully saturated rings. The summed E-state index contributed by atoms with van der Waals surface area (Å²) in [5.41, 5.74) is 0.341. The summed E-state index contributed by atoms with van der Waals surface area (Å²) in [5.74, 6) is 1.23. The lowest BCUT2D eigenvalue weighted by atomic mass is 9.51. The first kappa shape index (κ1) is 23.1. The highest BCUT2D eigenvalue weighted by atomic mass is 127. The van der Waals surface area contributed by atoms with Crippen molar-refractivity contribution in [3.63, 3.8) is 0 Å². The van der Waals surface area contributed by atoms with Crippen molar-refractivity contribution in [3.8, 4) is 0 Å². The Morgan fingerprint density at radius 2 is 1.86 bits per heavy atom. The first-order chi connectivity index (χ1) is 13.6. The number of nitrogens with zero attached hydrogens (tertiary/aromatic N) is 3. The van der Waals surface area contributed by atoms with Gasteiger partial charge in [0.2, 0.25) is 5.91 Å². The van der Waals surface area contributed by atoms with Crippen LogP contribution in [0.15, 0.2) is 4.99 Å². The number of carbonyl (C=O) groups is 1. The minimum absolute atomic E-state index is 0. The van der Waals surface area contributed by atoms with Crippen LogP contribution in [0.4, 0.5) is 0 Å². The maximum absolute atomic E-state index is 12.1. The zero-order valence-corrected chi connectivity index (χ0v) is 20.3. The number of ether oxygens (including phenoxy) is 1. The van der Waals surface area contributed by atoms with Gasteiger partial charge in [0.25, 0.3) is 0 Å². The molecule has 0 radical (unpaired) electrons. The third kappa shape index (κ3) is 5.18. The van der Waals surface area contributed by atoms with Gasteiger partial charge in [0.15, 0.2) is 5.96 Å². The molecule has 1 amide bonds. The molecule has 3 aliphatic carbocycles. The molecule has 0 aromatic rings. The lowest BCUT2D eigenvalue weighted by Crippen LogP contribution is -2.69. The molecule has 1 heterocycles. The minimum atomic E-state index is 0. The Labute approximate surface area is 192 Å². The monoisotopic (exact) mass is 519 g/mol. The van der Waals surface area contributed by atoms with Gasteiger partial charge in [-0.05, 0) is 46.0 Å². The fraction of sp³-hybridized carbons (Fsp3) is 0.905. The van der Waals surface area contributed by atoms with E-state index in [0.717, 1.165) is 64.6 Å². The van der Waals surface area contributed by atoms with E-state index in [1.54, 1.807) is 0 Å². The van der Waals surface area contributed by atoms with E-state index in [1.807, 2.05) is 0 Å². The minimum Gasteiger partial charge on any atom is -0.378 e. The highest BCUT2D eigenvalue weighted by Crippen LogP contribution is 2.57. The van der Waals surface area contributed by atoms with Gasteiger partial charge in [0.1, 0.15) is 0 Å². The zero-order valence-electron chi connectivity index (χ0n) is 18.0. The second-order valence-corrected chi connectivity index (χ2v) is 8.87. The largest absolute Gasteiger partial charge is 0.378 e. The summed E-state index contributed by atoms with van der Waals surface area (Å²) < 4.78 is 6.00. The fourth-order valence-electron chi connectivity index (χ4n) is 5.01. The molecule has 2 N–H and O–H groups in total. The molecule has 8 heteroatoms. The van der Waals surface area contributed by atoms with Crippen LogP contribution in [0.1, 0.15) is 52.4 Å². The van der Waals surface area contributed by atoms with E-state index in [4.69, 9.17) is 9.73 Å². The number of nitrogens with one attached hydrogen (secondary N) is 2. The molecule has 3 saturated carbocycles. The summed E-state index contributed by atoms with van der Waals surface area (Å²) >= 11 is 0. The average Bonchev–Trinajstić information content (AvgIpc) is 3.43. The van der Waals surface area contributed by atoms with Gasteiger partial charge in [-0.25, -0.2) is 0 Å². The van der Waals surface area contributed by atoms with Crippen LogP contribution in [-0.2, 0) is 9.53 Å². The highest BCUT2D eigenvalue weighted by Gasteiger charge is 2.59. The lowest BCUT2D eigenvalue weighted by Gasteiger charge is -2.61. The molecule has 4 aliphatic rings. The van der Waals surface area contributed by atoms with E-state index in [2.05, 4.69) is 34.3 Å². The van der Waals surface area contributed by atoms with Gasteiger partial charge in [-0.1, -0.05) is 6.42 Å². The first-order valence-corrected chi connectivity index (χ1v) is 11.3. The molecule has 0 bridgehead atoms. The van der Waals surface area contributed by atoms with Gasteiger partial charge in [-0.3, -0.25) is 14.7 Å². The van der Waals surface area contributed by atoms with Gasteiger partial charge in [-0.15, -0.1) is 24.0 Å². The standard InChI is InChI=1S/C21H37N5O2.HI/c1-3-22-20(24-17-14-18(28-4-2)21(17)8-5-9-21)26-12-10-25(11-13-26)15-19(27)23-16-6-7-16;/h16-18H,3-15H2,1-2H3,(H,22,24)(H,23,27);1H. The molecular formula is C21H38IN5O2. The maximum atomic E-state index is 12.1. The normalized spacial score (nSPS) is 28.9. The Morgan fingerprint density at radius 1 is 1.14 bits per heavy atom.